The summed E-state index contributed by atoms with van der Waals surface area (Å²) in [6.45, 7) is 0.364. The molecule has 0 saturated heterocycles. The molecule has 1 saturated carbocycles. The summed E-state index contributed by atoms with van der Waals surface area (Å²) in [5.74, 6) is -0.137. The Bertz CT molecular complexity index is 576. The first kappa shape index (κ1) is 14.7. The summed E-state index contributed by atoms with van der Waals surface area (Å²) >= 11 is 1.73. The molecular weight excluding hydrogens is 288 g/mol. The molecule has 1 aliphatic rings. The third-order valence-electron chi connectivity index (χ3n) is 4.24. The fourth-order valence-corrected chi connectivity index (χ4v) is 4.05. The van der Waals surface area contributed by atoms with E-state index in [9.17, 15) is 8.78 Å². The van der Waals surface area contributed by atoms with Crippen molar-refractivity contribution < 1.29 is 8.78 Å². The van der Waals surface area contributed by atoms with E-state index in [1.54, 1.807) is 11.3 Å². The van der Waals surface area contributed by atoms with Crippen molar-refractivity contribution in [3.05, 3.63) is 57.8 Å². The lowest BCUT2D eigenvalue weighted by Crippen LogP contribution is -2.26. The van der Waals surface area contributed by atoms with Gasteiger partial charge in [0.25, 0.3) is 0 Å². The van der Waals surface area contributed by atoms with Gasteiger partial charge < -0.3 is 5.32 Å². The van der Waals surface area contributed by atoms with E-state index in [2.05, 4.69) is 16.8 Å². The quantitative estimate of drug-likeness (QED) is 0.815. The molecule has 1 heterocycles. The van der Waals surface area contributed by atoms with Crippen molar-refractivity contribution in [3.8, 4) is 0 Å². The highest BCUT2D eigenvalue weighted by atomic mass is 32.1. The summed E-state index contributed by atoms with van der Waals surface area (Å²) in [7, 11) is 0. The van der Waals surface area contributed by atoms with Crippen LogP contribution in [0, 0.1) is 17.6 Å². The van der Waals surface area contributed by atoms with E-state index >= 15 is 0 Å². The second-order valence-electron chi connectivity index (χ2n) is 5.65. The van der Waals surface area contributed by atoms with Gasteiger partial charge in [0, 0.05) is 23.0 Å². The highest BCUT2D eigenvalue weighted by Crippen LogP contribution is 2.37. The predicted octanol–water partition coefficient (Wildman–Crippen LogP) is 5.05. The number of halogens is 2. The van der Waals surface area contributed by atoms with Crippen LogP contribution in [0.5, 0.6) is 0 Å². The van der Waals surface area contributed by atoms with E-state index in [1.165, 1.54) is 42.7 Å². The number of hydrogen-bond donors (Lipinski definition) is 1. The second kappa shape index (κ2) is 6.67. The Balaban J connectivity index is 1.74. The van der Waals surface area contributed by atoms with Gasteiger partial charge in [-0.05, 0) is 48.4 Å². The van der Waals surface area contributed by atoms with Crippen LogP contribution in [0.25, 0.3) is 0 Å². The third kappa shape index (κ3) is 3.50. The Morgan fingerprint density at radius 1 is 1.19 bits per heavy atom. The maximum atomic E-state index is 13.7. The molecule has 1 atom stereocenters. The van der Waals surface area contributed by atoms with Crippen molar-refractivity contribution in [1.29, 1.82) is 0 Å². The van der Waals surface area contributed by atoms with Gasteiger partial charge in [0.1, 0.15) is 11.6 Å². The molecule has 1 aliphatic carbocycles. The fourth-order valence-electron chi connectivity index (χ4n) is 3.16. The van der Waals surface area contributed by atoms with E-state index < -0.39 is 0 Å². The lowest BCUT2D eigenvalue weighted by atomic mass is 9.96. The largest absolute Gasteiger partial charge is 0.305 e. The summed E-state index contributed by atoms with van der Waals surface area (Å²) in [6, 6.07) is 8.06. The zero-order chi connectivity index (χ0) is 14.7. The smallest absolute Gasteiger partial charge is 0.127 e. The minimum atomic E-state index is -0.387. The molecule has 0 radical (unpaired) electrons. The molecule has 1 aromatic heterocycles. The SMILES string of the molecule is Fc1ccc(F)c(CNC(c2cccs2)C2CCCC2)c1. The van der Waals surface area contributed by atoms with Crippen molar-refractivity contribution in [2.45, 2.75) is 38.3 Å². The van der Waals surface area contributed by atoms with Crippen LogP contribution in [0.4, 0.5) is 8.78 Å². The molecule has 1 nitrogen and oxygen atoms in total. The van der Waals surface area contributed by atoms with Crippen LogP contribution in [0.2, 0.25) is 0 Å². The Morgan fingerprint density at radius 3 is 2.71 bits per heavy atom. The average Bonchev–Trinajstić information content (AvgIpc) is 3.16. The van der Waals surface area contributed by atoms with Crippen LogP contribution in [-0.2, 0) is 6.54 Å². The molecule has 21 heavy (non-hydrogen) atoms. The summed E-state index contributed by atoms with van der Waals surface area (Å²) < 4.78 is 27.0. The second-order valence-corrected chi connectivity index (χ2v) is 6.63. The molecular formula is C17H19F2NS. The van der Waals surface area contributed by atoms with Gasteiger partial charge in [0.15, 0.2) is 0 Å². The van der Waals surface area contributed by atoms with Crippen molar-refractivity contribution >= 4 is 11.3 Å². The Kier molecular flexibility index (Phi) is 4.66. The normalized spacial score (nSPS) is 17.2. The first-order valence-electron chi connectivity index (χ1n) is 7.45. The molecule has 0 bridgehead atoms. The van der Waals surface area contributed by atoms with Crippen LogP contribution in [-0.4, -0.2) is 0 Å². The van der Waals surface area contributed by atoms with E-state index in [-0.39, 0.29) is 17.7 Å². The van der Waals surface area contributed by atoms with Gasteiger partial charge in [0.2, 0.25) is 0 Å². The zero-order valence-corrected chi connectivity index (χ0v) is 12.6. The van der Waals surface area contributed by atoms with Crippen LogP contribution < -0.4 is 5.32 Å². The van der Waals surface area contributed by atoms with E-state index in [0.717, 1.165) is 6.07 Å². The van der Waals surface area contributed by atoms with E-state index in [1.807, 2.05) is 6.07 Å². The van der Waals surface area contributed by atoms with Gasteiger partial charge >= 0.3 is 0 Å². The molecule has 0 aliphatic heterocycles. The van der Waals surface area contributed by atoms with Crippen molar-refractivity contribution in [2.24, 2.45) is 5.92 Å². The van der Waals surface area contributed by atoms with Gasteiger partial charge in [-0.3, -0.25) is 0 Å². The third-order valence-corrected chi connectivity index (χ3v) is 5.20. The average molecular weight is 307 g/mol. The van der Waals surface area contributed by atoms with Gasteiger partial charge in [0.05, 0.1) is 0 Å². The van der Waals surface area contributed by atoms with Crippen molar-refractivity contribution in [3.63, 3.8) is 0 Å². The van der Waals surface area contributed by atoms with E-state index in [0.29, 0.717) is 18.0 Å². The lowest BCUT2D eigenvalue weighted by Gasteiger charge is -2.24. The minimum Gasteiger partial charge on any atom is -0.305 e. The molecule has 0 spiro atoms. The Labute approximate surface area is 128 Å². The molecule has 2 aromatic rings. The van der Waals surface area contributed by atoms with Crippen LogP contribution in [0.15, 0.2) is 35.7 Å². The lowest BCUT2D eigenvalue weighted by molar-refractivity contribution is 0.368. The maximum Gasteiger partial charge on any atom is 0.127 e. The van der Waals surface area contributed by atoms with Crippen molar-refractivity contribution in [1.82, 2.24) is 5.32 Å². The van der Waals surface area contributed by atoms with E-state index in [4.69, 9.17) is 0 Å². The van der Waals surface area contributed by atoms with Gasteiger partial charge in [-0.1, -0.05) is 18.9 Å². The number of hydrogen-bond acceptors (Lipinski definition) is 2. The predicted molar refractivity (Wildman–Crippen MR) is 82.2 cm³/mol. The highest BCUT2D eigenvalue weighted by Gasteiger charge is 2.26. The first-order chi connectivity index (χ1) is 10.2. The van der Waals surface area contributed by atoms with Gasteiger partial charge in [-0.25, -0.2) is 8.78 Å². The summed E-state index contributed by atoms with van der Waals surface area (Å²) in [4.78, 5) is 1.29. The summed E-state index contributed by atoms with van der Waals surface area (Å²) in [5.41, 5.74) is 0.398. The number of nitrogens with one attached hydrogen (secondary N) is 1. The number of thiophene rings is 1. The van der Waals surface area contributed by atoms with Crippen LogP contribution in [0.1, 0.15) is 42.2 Å². The Morgan fingerprint density at radius 2 is 2.00 bits per heavy atom. The highest BCUT2D eigenvalue weighted by molar-refractivity contribution is 7.10. The monoisotopic (exact) mass is 307 g/mol. The summed E-state index contributed by atoms with van der Waals surface area (Å²) in [5, 5.41) is 5.52. The minimum absolute atomic E-state index is 0.246. The van der Waals surface area contributed by atoms with Gasteiger partial charge in [-0.15, -0.1) is 11.3 Å². The van der Waals surface area contributed by atoms with Crippen LogP contribution >= 0.6 is 11.3 Å². The van der Waals surface area contributed by atoms with Crippen LogP contribution in [0.3, 0.4) is 0 Å². The molecule has 4 heteroatoms. The summed E-state index contributed by atoms with van der Waals surface area (Å²) in [6.07, 6.45) is 4.95. The molecule has 3 rings (SSSR count). The fraction of sp³-hybridized carbons (Fsp3) is 0.412. The molecule has 0 amide bonds. The zero-order valence-electron chi connectivity index (χ0n) is 11.8. The topological polar surface area (TPSA) is 12.0 Å². The standard InChI is InChI=1S/C17H19F2NS/c18-14-7-8-15(19)13(10-14)11-20-17(12-4-1-2-5-12)16-6-3-9-21-16/h3,6-10,12,17,20H,1-2,4-5,11H2. The Hall–Kier alpha value is -1.26. The van der Waals surface area contributed by atoms with Crippen molar-refractivity contribution in [2.75, 3.05) is 0 Å². The molecule has 1 N–H and O–H groups in total. The van der Waals surface area contributed by atoms with Gasteiger partial charge in [-0.2, -0.15) is 0 Å². The molecule has 112 valence electrons. The molecule has 1 aromatic carbocycles. The number of rotatable bonds is 5. The molecule has 1 unspecified atom stereocenters. The first-order valence-corrected chi connectivity index (χ1v) is 8.33. The molecule has 1 fully saturated rings. The maximum absolute atomic E-state index is 13.7. The number of benzene rings is 1.